The number of hydrogen-bond acceptors (Lipinski definition) is 5. The van der Waals surface area contributed by atoms with Crippen molar-refractivity contribution in [3.63, 3.8) is 0 Å². The minimum atomic E-state index is -0.0960. The van der Waals surface area contributed by atoms with Gasteiger partial charge >= 0.3 is 0 Å². The molecule has 1 amide bonds. The summed E-state index contributed by atoms with van der Waals surface area (Å²) in [6.45, 7) is 3.91. The number of rotatable bonds is 4. The van der Waals surface area contributed by atoms with Gasteiger partial charge in [0, 0.05) is 22.8 Å². The Morgan fingerprint density at radius 3 is 2.75 bits per heavy atom. The molecule has 0 unspecified atom stereocenters. The fourth-order valence-corrected chi connectivity index (χ4v) is 3.35. The summed E-state index contributed by atoms with van der Waals surface area (Å²) in [5, 5.41) is 10.5. The monoisotopic (exact) mass is 373 g/mol. The van der Waals surface area contributed by atoms with Crippen LogP contribution in [0.15, 0.2) is 60.4 Å². The van der Waals surface area contributed by atoms with Crippen LogP contribution in [-0.2, 0) is 4.79 Å². The number of benzene rings is 2. The van der Waals surface area contributed by atoms with E-state index in [0.29, 0.717) is 5.82 Å². The van der Waals surface area contributed by atoms with Crippen molar-refractivity contribution in [1.82, 2.24) is 15.3 Å². The van der Waals surface area contributed by atoms with Gasteiger partial charge in [0.25, 0.3) is 0 Å². The smallest absolute Gasteiger partial charge is 0.248 e. The van der Waals surface area contributed by atoms with Crippen molar-refractivity contribution in [2.24, 2.45) is 0 Å². The van der Waals surface area contributed by atoms with E-state index in [1.165, 1.54) is 11.1 Å². The molecule has 0 radical (unpaired) electrons. The molecule has 1 aromatic heterocycles. The summed E-state index contributed by atoms with van der Waals surface area (Å²) in [5.41, 5.74) is 4.86. The molecule has 0 atom stereocenters. The highest BCUT2D eigenvalue weighted by molar-refractivity contribution is 6.02. The van der Waals surface area contributed by atoms with Gasteiger partial charge in [-0.1, -0.05) is 17.7 Å². The van der Waals surface area contributed by atoms with Crippen LogP contribution in [0.25, 0.3) is 10.9 Å². The number of hydrogen-bond donors (Lipinski definition) is 3. The van der Waals surface area contributed by atoms with Crippen molar-refractivity contribution in [1.29, 1.82) is 0 Å². The predicted octanol–water partition coefficient (Wildman–Crippen LogP) is 3.93. The van der Waals surface area contributed by atoms with Gasteiger partial charge in [0.15, 0.2) is 0 Å². The lowest BCUT2D eigenvalue weighted by Gasteiger charge is -2.15. The summed E-state index contributed by atoms with van der Waals surface area (Å²) >= 11 is 0. The molecular formula is C22H23N5O. The second kappa shape index (κ2) is 8.19. The van der Waals surface area contributed by atoms with Crippen LogP contribution >= 0.6 is 0 Å². The van der Waals surface area contributed by atoms with Crippen LogP contribution < -0.4 is 16.0 Å². The van der Waals surface area contributed by atoms with Gasteiger partial charge in [0.1, 0.15) is 12.1 Å². The Kier molecular flexibility index (Phi) is 5.30. The number of aryl methyl sites for hydroxylation is 1. The summed E-state index contributed by atoms with van der Waals surface area (Å²) in [7, 11) is 0. The van der Waals surface area contributed by atoms with Crippen molar-refractivity contribution in [3.05, 3.63) is 66.0 Å². The average Bonchev–Trinajstić information content (AvgIpc) is 2.69. The molecule has 1 aliphatic rings. The molecule has 2 aromatic carbocycles. The van der Waals surface area contributed by atoms with Crippen molar-refractivity contribution >= 4 is 34.0 Å². The third-order valence-corrected chi connectivity index (χ3v) is 4.76. The highest BCUT2D eigenvalue weighted by Gasteiger charge is 2.09. The zero-order chi connectivity index (χ0) is 19.3. The molecule has 4 rings (SSSR count). The Morgan fingerprint density at radius 2 is 1.93 bits per heavy atom. The Morgan fingerprint density at radius 1 is 1.07 bits per heavy atom. The highest BCUT2D eigenvalue weighted by atomic mass is 16.1. The van der Waals surface area contributed by atoms with Crippen molar-refractivity contribution in [2.75, 3.05) is 23.7 Å². The minimum Gasteiger partial charge on any atom is -0.340 e. The molecule has 2 heterocycles. The van der Waals surface area contributed by atoms with E-state index in [9.17, 15) is 4.79 Å². The van der Waals surface area contributed by atoms with Gasteiger partial charge in [-0.3, -0.25) is 4.79 Å². The largest absolute Gasteiger partial charge is 0.340 e. The molecule has 3 N–H and O–H groups in total. The fraction of sp³-hybridized carbons (Fsp3) is 0.227. The lowest BCUT2D eigenvalue weighted by Crippen LogP contribution is -2.24. The molecule has 1 fully saturated rings. The number of piperidine rings is 1. The topological polar surface area (TPSA) is 78.9 Å². The molecule has 6 nitrogen and oxygen atoms in total. The van der Waals surface area contributed by atoms with Gasteiger partial charge in [-0.25, -0.2) is 9.97 Å². The SMILES string of the molecule is Cc1cccc(Nc2ncnc3ccc(NC(=O)C=C4CCNCC4)cc23)c1. The maximum absolute atomic E-state index is 12.4. The number of amides is 1. The van der Waals surface area contributed by atoms with Gasteiger partial charge in [-0.05, 0) is 68.8 Å². The highest BCUT2D eigenvalue weighted by Crippen LogP contribution is 2.26. The average molecular weight is 373 g/mol. The minimum absolute atomic E-state index is 0.0960. The molecular weight excluding hydrogens is 350 g/mol. The first-order chi connectivity index (χ1) is 13.7. The first kappa shape index (κ1) is 18.1. The van der Waals surface area contributed by atoms with Gasteiger partial charge in [-0.2, -0.15) is 0 Å². The van der Waals surface area contributed by atoms with Crippen LogP contribution in [0, 0.1) is 6.92 Å². The van der Waals surface area contributed by atoms with Crippen molar-refractivity contribution in [3.8, 4) is 0 Å². The Hall–Kier alpha value is -3.25. The quantitative estimate of drug-likeness (QED) is 0.604. The number of aromatic nitrogens is 2. The molecule has 3 aromatic rings. The van der Waals surface area contributed by atoms with Crippen LogP contribution in [0.2, 0.25) is 0 Å². The number of carbonyl (C=O) groups excluding carboxylic acids is 1. The van der Waals surface area contributed by atoms with Crippen LogP contribution in [0.1, 0.15) is 18.4 Å². The molecule has 0 spiro atoms. The van der Waals surface area contributed by atoms with Crippen molar-refractivity contribution < 1.29 is 4.79 Å². The standard InChI is InChI=1S/C22H23N5O/c1-15-3-2-4-17(11-15)27-22-19-13-18(5-6-20(19)24-14-25-22)26-21(28)12-16-7-9-23-10-8-16/h2-6,11-14,23H,7-10H2,1H3,(H,26,28)(H,24,25,27). The van der Waals surface area contributed by atoms with E-state index >= 15 is 0 Å². The molecule has 142 valence electrons. The maximum atomic E-state index is 12.4. The fourth-order valence-electron chi connectivity index (χ4n) is 3.35. The third kappa shape index (κ3) is 4.35. The predicted molar refractivity (Wildman–Crippen MR) is 113 cm³/mol. The van der Waals surface area contributed by atoms with E-state index in [1.54, 1.807) is 12.4 Å². The lowest BCUT2D eigenvalue weighted by atomic mass is 10.1. The summed E-state index contributed by atoms with van der Waals surface area (Å²) in [6, 6.07) is 13.8. The molecule has 1 saturated heterocycles. The van der Waals surface area contributed by atoms with Gasteiger partial charge in [-0.15, -0.1) is 0 Å². The normalized spacial score (nSPS) is 14.0. The third-order valence-electron chi connectivity index (χ3n) is 4.76. The first-order valence-corrected chi connectivity index (χ1v) is 9.47. The first-order valence-electron chi connectivity index (χ1n) is 9.47. The number of carbonyl (C=O) groups is 1. The van der Waals surface area contributed by atoms with Gasteiger partial charge < -0.3 is 16.0 Å². The molecule has 1 aliphatic heterocycles. The number of nitrogens with zero attached hydrogens (tertiary/aromatic N) is 2. The number of anilines is 3. The van der Waals surface area contributed by atoms with E-state index in [4.69, 9.17) is 0 Å². The van der Waals surface area contributed by atoms with E-state index in [2.05, 4.69) is 32.0 Å². The second-order valence-electron chi connectivity index (χ2n) is 6.99. The molecule has 0 aliphatic carbocycles. The lowest BCUT2D eigenvalue weighted by molar-refractivity contribution is -0.112. The van der Waals surface area contributed by atoms with Gasteiger partial charge in [0.05, 0.1) is 5.52 Å². The van der Waals surface area contributed by atoms with E-state index in [0.717, 1.165) is 48.2 Å². The number of nitrogens with one attached hydrogen (secondary N) is 3. The molecule has 0 saturated carbocycles. The zero-order valence-electron chi connectivity index (χ0n) is 15.8. The summed E-state index contributed by atoms with van der Waals surface area (Å²) < 4.78 is 0. The Bertz CT molecular complexity index is 1040. The Balaban J connectivity index is 1.58. The summed E-state index contributed by atoms with van der Waals surface area (Å²) in [6.07, 6.45) is 5.10. The van der Waals surface area contributed by atoms with Crippen LogP contribution in [0.3, 0.4) is 0 Å². The molecule has 28 heavy (non-hydrogen) atoms. The Labute approximate surface area is 164 Å². The van der Waals surface area contributed by atoms with Gasteiger partial charge in [0.2, 0.25) is 5.91 Å². The van der Waals surface area contributed by atoms with Crippen LogP contribution in [0.5, 0.6) is 0 Å². The molecule has 0 bridgehead atoms. The van der Waals surface area contributed by atoms with E-state index in [1.807, 2.05) is 43.3 Å². The molecule has 6 heteroatoms. The zero-order valence-corrected chi connectivity index (χ0v) is 15.8. The van der Waals surface area contributed by atoms with Crippen molar-refractivity contribution in [2.45, 2.75) is 19.8 Å². The number of fused-ring (bicyclic) bond motifs is 1. The van der Waals surface area contributed by atoms with E-state index in [-0.39, 0.29) is 5.91 Å². The van der Waals surface area contributed by atoms with Crippen LogP contribution in [-0.4, -0.2) is 29.0 Å². The second-order valence-corrected chi connectivity index (χ2v) is 6.99. The van der Waals surface area contributed by atoms with E-state index < -0.39 is 0 Å². The van der Waals surface area contributed by atoms with Crippen LogP contribution in [0.4, 0.5) is 17.2 Å². The summed E-state index contributed by atoms with van der Waals surface area (Å²) in [4.78, 5) is 21.1. The maximum Gasteiger partial charge on any atom is 0.248 e. The summed E-state index contributed by atoms with van der Waals surface area (Å²) in [5.74, 6) is 0.615.